The zero-order valence-electron chi connectivity index (χ0n) is 11.9. The Labute approximate surface area is 129 Å². The van der Waals surface area contributed by atoms with Gasteiger partial charge >= 0.3 is 0 Å². The first-order valence-electron chi connectivity index (χ1n) is 6.78. The molecule has 7 heteroatoms. The third kappa shape index (κ3) is 4.15. The number of rotatable bonds is 4. The molecule has 21 heavy (non-hydrogen) atoms. The van der Waals surface area contributed by atoms with E-state index in [2.05, 4.69) is 5.32 Å². The topological polar surface area (TPSA) is 98.3 Å². The molecule has 1 aromatic rings. The van der Waals surface area contributed by atoms with Gasteiger partial charge < -0.3 is 11.1 Å². The molecule has 0 bridgehead atoms. The number of nitrogens with two attached hydrogens (primary N) is 1. The van der Waals surface area contributed by atoms with E-state index in [-0.39, 0.29) is 30.0 Å². The second-order valence-corrected chi connectivity index (χ2v) is 5.32. The number of nitro groups is 1. The highest BCUT2D eigenvalue weighted by molar-refractivity contribution is 5.95. The van der Waals surface area contributed by atoms with Crippen molar-refractivity contribution in [2.45, 2.75) is 32.2 Å². The van der Waals surface area contributed by atoms with Crippen LogP contribution < -0.4 is 11.1 Å². The monoisotopic (exact) mass is 313 g/mol. The van der Waals surface area contributed by atoms with Crippen molar-refractivity contribution in [1.29, 1.82) is 0 Å². The van der Waals surface area contributed by atoms with Crippen LogP contribution >= 0.6 is 12.4 Å². The molecule has 0 aromatic heterocycles. The Morgan fingerprint density at radius 2 is 2.14 bits per heavy atom. The van der Waals surface area contributed by atoms with Gasteiger partial charge in [0.25, 0.3) is 11.6 Å². The summed E-state index contributed by atoms with van der Waals surface area (Å²) in [7, 11) is 0. The molecule has 2 atom stereocenters. The van der Waals surface area contributed by atoms with E-state index in [4.69, 9.17) is 5.73 Å². The lowest BCUT2D eigenvalue weighted by molar-refractivity contribution is -0.384. The Kier molecular flexibility index (Phi) is 6.11. The van der Waals surface area contributed by atoms with Gasteiger partial charge in [-0.2, -0.15) is 0 Å². The summed E-state index contributed by atoms with van der Waals surface area (Å²) >= 11 is 0. The van der Waals surface area contributed by atoms with Crippen LogP contribution in [0.5, 0.6) is 0 Å². The number of nitrogens with one attached hydrogen (secondary N) is 1. The van der Waals surface area contributed by atoms with Crippen molar-refractivity contribution in [3.63, 3.8) is 0 Å². The Hall–Kier alpha value is -1.66. The maximum atomic E-state index is 12.2. The van der Waals surface area contributed by atoms with E-state index < -0.39 is 4.92 Å². The maximum Gasteiger partial charge on any atom is 0.270 e. The van der Waals surface area contributed by atoms with Crippen molar-refractivity contribution >= 4 is 24.0 Å². The average Bonchev–Trinajstić information content (AvgIpc) is 2.85. The van der Waals surface area contributed by atoms with Crippen LogP contribution in [0.2, 0.25) is 0 Å². The standard InChI is InChI=1S/C14H19N3O3.ClH/c1-9-5-11(7-12(6-9)17(19)20)14(18)16-13-4-2-3-10(13)8-15;/h5-7,10,13H,2-4,8,15H2,1H3,(H,16,18);1H. The number of hydrogen-bond acceptors (Lipinski definition) is 4. The molecule has 1 aliphatic carbocycles. The molecule has 0 saturated heterocycles. The van der Waals surface area contributed by atoms with Gasteiger partial charge in [0.2, 0.25) is 0 Å². The normalized spacial score (nSPS) is 20.7. The number of aryl methyl sites for hydroxylation is 1. The Bertz CT molecular complexity index is 536. The van der Waals surface area contributed by atoms with Crippen LogP contribution in [0.3, 0.4) is 0 Å². The Morgan fingerprint density at radius 3 is 2.76 bits per heavy atom. The summed E-state index contributed by atoms with van der Waals surface area (Å²) in [6.45, 7) is 2.29. The molecule has 0 spiro atoms. The van der Waals surface area contributed by atoms with Crippen molar-refractivity contribution in [2.75, 3.05) is 6.54 Å². The maximum absolute atomic E-state index is 12.2. The number of benzene rings is 1. The molecule has 3 N–H and O–H groups in total. The predicted molar refractivity (Wildman–Crippen MR) is 82.7 cm³/mol. The van der Waals surface area contributed by atoms with Gasteiger partial charge in [0, 0.05) is 23.7 Å². The zero-order chi connectivity index (χ0) is 14.7. The summed E-state index contributed by atoms with van der Waals surface area (Å²) < 4.78 is 0. The minimum absolute atomic E-state index is 0. The molecule has 116 valence electrons. The molecule has 2 rings (SSSR count). The first-order valence-corrected chi connectivity index (χ1v) is 6.78. The third-order valence-electron chi connectivity index (χ3n) is 3.81. The van der Waals surface area contributed by atoms with Crippen molar-refractivity contribution in [3.8, 4) is 0 Å². The van der Waals surface area contributed by atoms with Gasteiger partial charge in [0.1, 0.15) is 0 Å². The third-order valence-corrected chi connectivity index (χ3v) is 3.81. The van der Waals surface area contributed by atoms with Crippen molar-refractivity contribution in [1.82, 2.24) is 5.32 Å². The van der Waals surface area contributed by atoms with Crippen LogP contribution in [0.15, 0.2) is 18.2 Å². The van der Waals surface area contributed by atoms with Crippen LogP contribution in [0, 0.1) is 23.0 Å². The van der Waals surface area contributed by atoms with E-state index in [1.54, 1.807) is 13.0 Å². The van der Waals surface area contributed by atoms with Crippen LogP contribution in [0.4, 0.5) is 5.69 Å². The molecule has 2 unspecified atom stereocenters. The molecule has 0 aliphatic heterocycles. The summed E-state index contributed by atoms with van der Waals surface area (Å²) in [4.78, 5) is 22.6. The molecular weight excluding hydrogens is 294 g/mol. The lowest BCUT2D eigenvalue weighted by atomic mass is 10.0. The van der Waals surface area contributed by atoms with Crippen molar-refractivity contribution in [3.05, 3.63) is 39.4 Å². The van der Waals surface area contributed by atoms with Gasteiger partial charge in [-0.3, -0.25) is 14.9 Å². The minimum Gasteiger partial charge on any atom is -0.349 e. The van der Waals surface area contributed by atoms with Gasteiger partial charge in [-0.25, -0.2) is 0 Å². The van der Waals surface area contributed by atoms with E-state index >= 15 is 0 Å². The molecule has 1 aromatic carbocycles. The quantitative estimate of drug-likeness (QED) is 0.657. The van der Waals surface area contributed by atoms with E-state index in [0.29, 0.717) is 23.6 Å². The van der Waals surface area contributed by atoms with Crippen molar-refractivity contribution < 1.29 is 9.72 Å². The molecule has 1 aliphatic rings. The largest absolute Gasteiger partial charge is 0.349 e. The minimum atomic E-state index is -0.484. The molecule has 1 amide bonds. The fraction of sp³-hybridized carbons (Fsp3) is 0.500. The number of nitro benzene ring substituents is 1. The van der Waals surface area contributed by atoms with Gasteiger partial charge in [0.15, 0.2) is 0 Å². The molecule has 1 saturated carbocycles. The number of nitrogens with zero attached hydrogens (tertiary/aromatic N) is 1. The first kappa shape index (κ1) is 17.4. The summed E-state index contributed by atoms with van der Waals surface area (Å²) in [6, 6.07) is 4.51. The van der Waals surface area contributed by atoms with Crippen LogP contribution in [-0.4, -0.2) is 23.4 Å². The number of non-ortho nitro benzene ring substituents is 1. The number of carbonyl (C=O) groups excluding carboxylic acids is 1. The predicted octanol–water partition coefficient (Wildman–Crippen LogP) is 2.18. The number of halogens is 1. The summed E-state index contributed by atoms with van der Waals surface area (Å²) in [5, 5.41) is 13.8. The average molecular weight is 314 g/mol. The number of carbonyl (C=O) groups is 1. The van der Waals surface area contributed by atoms with Crippen molar-refractivity contribution in [2.24, 2.45) is 11.7 Å². The SMILES string of the molecule is Cc1cc(C(=O)NC2CCCC2CN)cc([N+](=O)[O-])c1.Cl. The fourth-order valence-electron chi connectivity index (χ4n) is 2.76. The second-order valence-electron chi connectivity index (χ2n) is 5.32. The van der Waals surface area contributed by atoms with E-state index in [1.807, 2.05) is 0 Å². The summed E-state index contributed by atoms with van der Waals surface area (Å²) in [5.74, 6) is 0.0425. The van der Waals surface area contributed by atoms with Gasteiger partial charge in [-0.1, -0.05) is 6.42 Å². The number of amides is 1. The first-order chi connectivity index (χ1) is 9.51. The highest BCUT2D eigenvalue weighted by Crippen LogP contribution is 2.25. The van der Waals surface area contributed by atoms with E-state index in [1.165, 1.54) is 12.1 Å². The van der Waals surface area contributed by atoms with Gasteiger partial charge in [-0.15, -0.1) is 12.4 Å². The van der Waals surface area contributed by atoms with Gasteiger partial charge in [-0.05, 0) is 43.9 Å². The summed E-state index contributed by atoms with van der Waals surface area (Å²) in [5.41, 5.74) is 6.66. The highest BCUT2D eigenvalue weighted by atomic mass is 35.5. The molecule has 0 heterocycles. The van der Waals surface area contributed by atoms with E-state index in [9.17, 15) is 14.9 Å². The zero-order valence-corrected chi connectivity index (χ0v) is 12.7. The second kappa shape index (κ2) is 7.38. The molecule has 6 nitrogen and oxygen atoms in total. The van der Waals surface area contributed by atoms with Crippen LogP contribution in [0.1, 0.15) is 35.2 Å². The lowest BCUT2D eigenvalue weighted by Gasteiger charge is -2.19. The lowest BCUT2D eigenvalue weighted by Crippen LogP contribution is -2.39. The molecular formula is C14H20ClN3O3. The van der Waals surface area contributed by atoms with E-state index in [0.717, 1.165) is 19.3 Å². The molecule has 0 radical (unpaired) electrons. The molecule has 1 fully saturated rings. The fourth-order valence-corrected chi connectivity index (χ4v) is 2.76. The van der Waals surface area contributed by atoms with Crippen LogP contribution in [0.25, 0.3) is 0 Å². The van der Waals surface area contributed by atoms with Crippen LogP contribution in [-0.2, 0) is 0 Å². The van der Waals surface area contributed by atoms with Gasteiger partial charge in [0.05, 0.1) is 4.92 Å². The summed E-state index contributed by atoms with van der Waals surface area (Å²) in [6.07, 6.45) is 3.00. The number of hydrogen-bond donors (Lipinski definition) is 2. The Balaban J connectivity index is 0.00000220. The highest BCUT2D eigenvalue weighted by Gasteiger charge is 2.28. The smallest absolute Gasteiger partial charge is 0.270 e. The Morgan fingerprint density at radius 1 is 1.43 bits per heavy atom.